The minimum Gasteiger partial charge on any atom is -0.356 e. The van der Waals surface area contributed by atoms with Gasteiger partial charge in [0.25, 0.3) is 0 Å². The van der Waals surface area contributed by atoms with Crippen LogP contribution >= 0.6 is 11.6 Å². The third kappa shape index (κ3) is 2.23. The van der Waals surface area contributed by atoms with Crippen LogP contribution in [0.25, 0.3) is 0 Å². The van der Waals surface area contributed by atoms with Crippen molar-refractivity contribution < 1.29 is 5.11 Å². The van der Waals surface area contributed by atoms with E-state index in [2.05, 4.69) is 20.3 Å². The zero-order valence-electron chi connectivity index (χ0n) is 10.8. The molecule has 0 saturated carbocycles. The Labute approximate surface area is 121 Å². The van der Waals surface area contributed by atoms with Gasteiger partial charge < -0.3 is 20.3 Å². The van der Waals surface area contributed by atoms with E-state index in [0.29, 0.717) is 17.4 Å². The predicted octanol–water partition coefficient (Wildman–Crippen LogP) is 1.33. The number of rotatable bonds is 2. The Hall–Kier alpha value is -2.05. The number of imidazole rings is 1. The number of hydrogen-bond acceptors (Lipinski definition) is 4. The second kappa shape index (κ2) is 5.15. The van der Waals surface area contributed by atoms with E-state index in [9.17, 15) is 5.11 Å². The molecule has 1 aliphatic rings. The molecule has 1 atom stereocenters. The minimum absolute atomic E-state index is 0.485. The SMILES string of the molecule is CN=C1NC(O)N(Cc2cnc[nH]2)c2cc(Cl)ccc21. The van der Waals surface area contributed by atoms with Crippen LogP contribution in [0.1, 0.15) is 11.3 Å². The van der Waals surface area contributed by atoms with Crippen LogP contribution in [0, 0.1) is 0 Å². The molecule has 0 spiro atoms. The lowest BCUT2D eigenvalue weighted by Crippen LogP contribution is -2.52. The fraction of sp³-hybridized carbons (Fsp3) is 0.231. The summed E-state index contributed by atoms with van der Waals surface area (Å²) in [4.78, 5) is 13.0. The number of aromatic nitrogens is 2. The maximum absolute atomic E-state index is 10.3. The van der Waals surface area contributed by atoms with Crippen LogP contribution in [0.4, 0.5) is 5.69 Å². The molecular formula is C13H14ClN5O. The normalized spacial score (nSPS) is 19.9. The third-order valence-corrected chi connectivity index (χ3v) is 3.44. The maximum atomic E-state index is 10.3. The van der Waals surface area contributed by atoms with Crippen LogP contribution in [-0.4, -0.2) is 34.3 Å². The van der Waals surface area contributed by atoms with E-state index in [0.717, 1.165) is 16.9 Å². The molecule has 3 rings (SSSR count). The number of halogens is 1. The Morgan fingerprint density at radius 2 is 2.35 bits per heavy atom. The molecule has 7 heteroatoms. The summed E-state index contributed by atoms with van der Waals surface area (Å²) in [6.07, 6.45) is 2.46. The molecule has 6 nitrogen and oxygen atoms in total. The molecule has 2 aromatic rings. The topological polar surface area (TPSA) is 76.5 Å². The number of anilines is 1. The van der Waals surface area contributed by atoms with Crippen molar-refractivity contribution in [1.82, 2.24) is 15.3 Å². The zero-order chi connectivity index (χ0) is 14.1. The zero-order valence-corrected chi connectivity index (χ0v) is 11.6. The van der Waals surface area contributed by atoms with E-state index in [1.807, 2.05) is 12.1 Å². The summed E-state index contributed by atoms with van der Waals surface area (Å²) in [7, 11) is 1.68. The summed E-state index contributed by atoms with van der Waals surface area (Å²) in [5, 5.41) is 13.8. The lowest BCUT2D eigenvalue weighted by atomic mass is 10.1. The molecule has 104 valence electrons. The van der Waals surface area contributed by atoms with Gasteiger partial charge in [0.2, 0.25) is 6.35 Å². The van der Waals surface area contributed by atoms with Crippen molar-refractivity contribution in [3.8, 4) is 0 Å². The van der Waals surface area contributed by atoms with Gasteiger partial charge in [-0.15, -0.1) is 0 Å². The number of benzene rings is 1. The number of aliphatic hydroxyl groups excluding tert-OH is 1. The lowest BCUT2D eigenvalue weighted by molar-refractivity contribution is 0.149. The van der Waals surface area contributed by atoms with Gasteiger partial charge >= 0.3 is 0 Å². The number of aliphatic hydroxyl groups is 1. The highest BCUT2D eigenvalue weighted by molar-refractivity contribution is 6.31. The highest BCUT2D eigenvalue weighted by atomic mass is 35.5. The lowest BCUT2D eigenvalue weighted by Gasteiger charge is -2.37. The molecular weight excluding hydrogens is 278 g/mol. The van der Waals surface area contributed by atoms with E-state index in [1.165, 1.54) is 0 Å². The summed E-state index contributed by atoms with van der Waals surface area (Å²) in [5.74, 6) is 0.644. The summed E-state index contributed by atoms with van der Waals surface area (Å²) in [5.41, 5.74) is 2.63. The van der Waals surface area contributed by atoms with Gasteiger partial charge in [-0.2, -0.15) is 0 Å². The monoisotopic (exact) mass is 291 g/mol. The molecule has 20 heavy (non-hydrogen) atoms. The summed E-state index contributed by atoms with van der Waals surface area (Å²) in [6.45, 7) is 0.485. The largest absolute Gasteiger partial charge is 0.356 e. The van der Waals surface area contributed by atoms with Gasteiger partial charge in [0, 0.05) is 23.8 Å². The average Bonchev–Trinajstić information content (AvgIpc) is 2.94. The highest BCUT2D eigenvalue weighted by Crippen LogP contribution is 2.30. The van der Waals surface area contributed by atoms with Gasteiger partial charge in [0.1, 0.15) is 5.84 Å². The summed E-state index contributed by atoms with van der Waals surface area (Å²) < 4.78 is 0. The van der Waals surface area contributed by atoms with Crippen molar-refractivity contribution in [2.45, 2.75) is 12.9 Å². The molecule has 3 N–H and O–H groups in total. The molecule has 1 aromatic carbocycles. The van der Waals surface area contributed by atoms with Crippen molar-refractivity contribution in [2.24, 2.45) is 4.99 Å². The molecule has 2 heterocycles. The Morgan fingerprint density at radius 3 is 3.05 bits per heavy atom. The second-order valence-electron chi connectivity index (χ2n) is 4.46. The number of hydrogen-bond donors (Lipinski definition) is 3. The van der Waals surface area contributed by atoms with Gasteiger partial charge in [-0.05, 0) is 18.2 Å². The maximum Gasteiger partial charge on any atom is 0.206 e. The summed E-state index contributed by atoms with van der Waals surface area (Å²) >= 11 is 6.07. The van der Waals surface area contributed by atoms with Gasteiger partial charge in [-0.3, -0.25) is 4.99 Å². The van der Waals surface area contributed by atoms with Crippen LogP contribution < -0.4 is 10.2 Å². The standard InChI is InChI=1S/C13H14ClN5O/c1-15-12-10-3-2-8(14)4-11(10)19(13(20)18-12)6-9-5-16-7-17-9/h2-5,7,13,20H,6H2,1H3,(H,15,18)(H,16,17). The molecule has 0 saturated heterocycles. The van der Waals surface area contributed by atoms with E-state index in [1.54, 1.807) is 30.5 Å². The van der Waals surface area contributed by atoms with E-state index >= 15 is 0 Å². The summed E-state index contributed by atoms with van der Waals surface area (Å²) in [6, 6.07) is 5.51. The van der Waals surface area contributed by atoms with Crippen LogP contribution in [0.3, 0.4) is 0 Å². The van der Waals surface area contributed by atoms with Crippen LogP contribution in [0.2, 0.25) is 5.02 Å². The Bertz CT molecular complexity index is 640. The van der Waals surface area contributed by atoms with E-state index in [4.69, 9.17) is 11.6 Å². The van der Waals surface area contributed by atoms with Crippen molar-refractivity contribution >= 4 is 23.1 Å². The van der Waals surface area contributed by atoms with Crippen LogP contribution in [0.15, 0.2) is 35.7 Å². The first-order valence-electron chi connectivity index (χ1n) is 6.14. The molecule has 0 fully saturated rings. The quantitative estimate of drug-likeness (QED) is 0.780. The number of amidine groups is 1. The Kier molecular flexibility index (Phi) is 3.33. The molecule has 0 bridgehead atoms. The second-order valence-corrected chi connectivity index (χ2v) is 4.89. The minimum atomic E-state index is -0.872. The predicted molar refractivity (Wildman–Crippen MR) is 77.8 cm³/mol. The van der Waals surface area contributed by atoms with Crippen molar-refractivity contribution in [2.75, 3.05) is 11.9 Å². The van der Waals surface area contributed by atoms with Crippen molar-refractivity contribution in [1.29, 1.82) is 0 Å². The highest BCUT2D eigenvalue weighted by Gasteiger charge is 2.28. The molecule has 1 unspecified atom stereocenters. The fourth-order valence-electron chi connectivity index (χ4n) is 2.26. The smallest absolute Gasteiger partial charge is 0.206 e. The Balaban J connectivity index is 2.04. The third-order valence-electron chi connectivity index (χ3n) is 3.20. The van der Waals surface area contributed by atoms with Crippen LogP contribution in [0.5, 0.6) is 0 Å². The number of nitrogens with one attached hydrogen (secondary N) is 2. The molecule has 0 amide bonds. The number of aromatic amines is 1. The first-order chi connectivity index (χ1) is 9.69. The van der Waals surface area contributed by atoms with E-state index < -0.39 is 6.35 Å². The first kappa shape index (κ1) is 13.0. The fourth-order valence-corrected chi connectivity index (χ4v) is 2.43. The number of fused-ring (bicyclic) bond motifs is 1. The van der Waals surface area contributed by atoms with Crippen molar-refractivity contribution in [3.63, 3.8) is 0 Å². The first-order valence-corrected chi connectivity index (χ1v) is 6.52. The molecule has 1 aromatic heterocycles. The average molecular weight is 292 g/mol. The van der Waals surface area contributed by atoms with Gasteiger partial charge in [-0.1, -0.05) is 11.6 Å². The molecule has 1 aliphatic heterocycles. The number of H-pyrrole nitrogens is 1. The molecule has 0 aliphatic carbocycles. The number of aliphatic imine (C=N–C) groups is 1. The van der Waals surface area contributed by atoms with E-state index in [-0.39, 0.29) is 0 Å². The van der Waals surface area contributed by atoms with Crippen LogP contribution in [-0.2, 0) is 6.54 Å². The van der Waals surface area contributed by atoms with Gasteiger partial charge in [0.15, 0.2) is 0 Å². The van der Waals surface area contributed by atoms with Crippen molar-refractivity contribution in [3.05, 3.63) is 47.0 Å². The Morgan fingerprint density at radius 1 is 1.50 bits per heavy atom. The number of nitrogens with zero attached hydrogens (tertiary/aromatic N) is 3. The van der Waals surface area contributed by atoms with Gasteiger partial charge in [0.05, 0.1) is 24.3 Å². The molecule has 0 radical (unpaired) electrons. The van der Waals surface area contributed by atoms with Gasteiger partial charge in [-0.25, -0.2) is 4.98 Å².